The number of likely N-dealkylation sites (tertiary alicyclic amines) is 1. The summed E-state index contributed by atoms with van der Waals surface area (Å²) < 4.78 is 15.5. The number of aliphatic hydroxyl groups is 1. The van der Waals surface area contributed by atoms with Crippen molar-refractivity contribution in [2.45, 2.75) is 25.4 Å². The van der Waals surface area contributed by atoms with Gasteiger partial charge >= 0.3 is 5.97 Å². The molecule has 1 aromatic carbocycles. The quantitative estimate of drug-likeness (QED) is 0.573. The van der Waals surface area contributed by atoms with E-state index in [0.717, 1.165) is 18.7 Å². The number of carbonyl (C=O) groups excluding carboxylic acids is 1. The molecule has 0 aromatic heterocycles. The average Bonchev–Trinajstić information content (AvgIpc) is 2.65. The summed E-state index contributed by atoms with van der Waals surface area (Å²) in [6.45, 7) is 2.56. The van der Waals surface area contributed by atoms with E-state index in [4.69, 9.17) is 14.2 Å². The second-order valence-corrected chi connectivity index (χ2v) is 6.09. The molecule has 1 atom stereocenters. The Bertz CT molecular complexity index is 581. The first kappa shape index (κ1) is 19.3. The first-order valence-corrected chi connectivity index (χ1v) is 8.59. The van der Waals surface area contributed by atoms with Gasteiger partial charge in [-0.15, -0.1) is 0 Å². The van der Waals surface area contributed by atoms with Crippen LogP contribution in [0.3, 0.4) is 0 Å². The summed E-state index contributed by atoms with van der Waals surface area (Å²) >= 11 is 0. The van der Waals surface area contributed by atoms with Crippen molar-refractivity contribution in [1.29, 1.82) is 0 Å². The fourth-order valence-electron chi connectivity index (χ4n) is 2.84. The van der Waals surface area contributed by atoms with Crippen LogP contribution in [0.25, 0.3) is 6.08 Å². The molecule has 1 heterocycles. The first-order valence-electron chi connectivity index (χ1n) is 8.59. The Hall–Kier alpha value is -2.05. The lowest BCUT2D eigenvalue weighted by molar-refractivity contribution is -0.141. The number of rotatable bonds is 8. The van der Waals surface area contributed by atoms with E-state index in [1.165, 1.54) is 25.3 Å². The highest BCUT2D eigenvalue weighted by Gasteiger charge is 2.15. The van der Waals surface area contributed by atoms with Crippen molar-refractivity contribution in [3.05, 3.63) is 29.8 Å². The number of hydrogen-bond acceptors (Lipinski definition) is 6. The van der Waals surface area contributed by atoms with E-state index in [-0.39, 0.29) is 6.61 Å². The fourth-order valence-corrected chi connectivity index (χ4v) is 2.84. The summed E-state index contributed by atoms with van der Waals surface area (Å²) in [6, 6.07) is 5.36. The minimum Gasteiger partial charge on any atom is -0.493 e. The van der Waals surface area contributed by atoms with Crippen LogP contribution in [-0.2, 0) is 9.53 Å². The molecular weight excluding hydrogens is 322 g/mol. The molecule has 0 radical (unpaired) electrons. The summed E-state index contributed by atoms with van der Waals surface area (Å²) in [5.41, 5.74) is 0.795. The molecule has 1 fully saturated rings. The molecule has 6 nitrogen and oxygen atoms in total. The minimum atomic E-state index is -0.656. The standard InChI is InChI=1S/C19H27NO5/c1-23-17-8-6-15(12-18(17)24-2)7-9-19(22)25-14-16(21)13-20-10-4-3-5-11-20/h6-9,12,16,21H,3-5,10-11,13-14H2,1-2H3. The largest absolute Gasteiger partial charge is 0.493 e. The van der Waals surface area contributed by atoms with Gasteiger partial charge in [0, 0.05) is 12.6 Å². The van der Waals surface area contributed by atoms with Crippen LogP contribution >= 0.6 is 0 Å². The van der Waals surface area contributed by atoms with Crippen molar-refractivity contribution >= 4 is 12.0 Å². The van der Waals surface area contributed by atoms with Crippen LogP contribution in [-0.4, -0.2) is 62.5 Å². The second-order valence-electron chi connectivity index (χ2n) is 6.09. The maximum Gasteiger partial charge on any atom is 0.330 e. The highest BCUT2D eigenvalue weighted by molar-refractivity contribution is 5.87. The number of nitrogens with zero attached hydrogens (tertiary/aromatic N) is 1. The van der Waals surface area contributed by atoms with Gasteiger partial charge in [0.05, 0.1) is 14.2 Å². The molecule has 1 aromatic rings. The Kier molecular flexibility index (Phi) is 7.76. The Morgan fingerprint density at radius 2 is 1.92 bits per heavy atom. The Balaban J connectivity index is 1.78. The maximum absolute atomic E-state index is 11.8. The van der Waals surface area contributed by atoms with Crippen LogP contribution in [0.4, 0.5) is 0 Å². The van der Waals surface area contributed by atoms with Crippen LogP contribution < -0.4 is 9.47 Å². The Labute approximate surface area is 149 Å². The minimum absolute atomic E-state index is 0.00556. The Morgan fingerprint density at radius 1 is 1.20 bits per heavy atom. The van der Waals surface area contributed by atoms with Gasteiger partial charge in [-0.25, -0.2) is 4.79 Å². The number of methoxy groups -OCH3 is 2. The van der Waals surface area contributed by atoms with E-state index in [1.54, 1.807) is 32.4 Å². The van der Waals surface area contributed by atoms with Gasteiger partial charge in [-0.05, 0) is 49.7 Å². The first-order chi connectivity index (χ1) is 12.1. The second kappa shape index (κ2) is 10.1. The van der Waals surface area contributed by atoms with Crippen molar-refractivity contribution in [2.24, 2.45) is 0 Å². The van der Waals surface area contributed by atoms with Crippen molar-refractivity contribution in [2.75, 3.05) is 40.5 Å². The van der Waals surface area contributed by atoms with Gasteiger partial charge in [0.15, 0.2) is 11.5 Å². The van der Waals surface area contributed by atoms with Crippen LogP contribution in [0.15, 0.2) is 24.3 Å². The van der Waals surface area contributed by atoms with Gasteiger partial charge in [-0.2, -0.15) is 0 Å². The number of ether oxygens (including phenoxy) is 3. The number of aliphatic hydroxyl groups excluding tert-OH is 1. The molecule has 0 spiro atoms. The molecule has 138 valence electrons. The van der Waals surface area contributed by atoms with Gasteiger partial charge in [0.1, 0.15) is 12.7 Å². The summed E-state index contributed by atoms with van der Waals surface area (Å²) in [4.78, 5) is 14.0. The van der Waals surface area contributed by atoms with Crippen molar-refractivity contribution in [1.82, 2.24) is 4.90 Å². The van der Waals surface area contributed by atoms with Crippen LogP contribution in [0.5, 0.6) is 11.5 Å². The van der Waals surface area contributed by atoms with Crippen molar-refractivity contribution < 1.29 is 24.1 Å². The number of hydrogen-bond donors (Lipinski definition) is 1. The lowest BCUT2D eigenvalue weighted by Gasteiger charge is -2.28. The number of β-amino-alcohol motifs (C(OH)–C–C–N with tert-alkyl or cyclic N) is 1. The molecule has 0 aliphatic carbocycles. The zero-order chi connectivity index (χ0) is 18.1. The van der Waals surface area contributed by atoms with E-state index >= 15 is 0 Å². The van der Waals surface area contributed by atoms with Crippen LogP contribution in [0.2, 0.25) is 0 Å². The van der Waals surface area contributed by atoms with Gasteiger partial charge in [0.25, 0.3) is 0 Å². The zero-order valence-electron chi connectivity index (χ0n) is 14.9. The Morgan fingerprint density at radius 3 is 2.60 bits per heavy atom. The highest BCUT2D eigenvalue weighted by atomic mass is 16.5. The number of piperidine rings is 1. The van der Waals surface area contributed by atoms with Crippen LogP contribution in [0, 0.1) is 0 Å². The number of carbonyl (C=O) groups is 1. The van der Waals surface area contributed by atoms with Crippen molar-refractivity contribution in [3.63, 3.8) is 0 Å². The normalized spacial score (nSPS) is 16.6. The molecule has 0 bridgehead atoms. The van der Waals surface area contributed by atoms with Gasteiger partial charge in [-0.1, -0.05) is 12.5 Å². The molecule has 1 aliphatic heterocycles. The molecular formula is C19H27NO5. The van der Waals surface area contributed by atoms with E-state index in [2.05, 4.69) is 4.90 Å². The van der Waals surface area contributed by atoms with Gasteiger partial charge in [-0.3, -0.25) is 0 Å². The molecule has 25 heavy (non-hydrogen) atoms. The monoisotopic (exact) mass is 349 g/mol. The molecule has 1 N–H and O–H groups in total. The molecule has 1 aliphatic rings. The van der Waals surface area contributed by atoms with E-state index in [0.29, 0.717) is 18.0 Å². The topological polar surface area (TPSA) is 68.2 Å². The third-order valence-electron chi connectivity index (χ3n) is 4.16. The van der Waals surface area contributed by atoms with E-state index in [9.17, 15) is 9.90 Å². The molecule has 0 amide bonds. The molecule has 0 saturated carbocycles. The number of benzene rings is 1. The summed E-state index contributed by atoms with van der Waals surface area (Å²) in [5.74, 6) is 0.741. The van der Waals surface area contributed by atoms with Crippen molar-refractivity contribution in [3.8, 4) is 11.5 Å². The summed E-state index contributed by atoms with van der Waals surface area (Å²) in [7, 11) is 3.13. The molecule has 6 heteroatoms. The third-order valence-corrected chi connectivity index (χ3v) is 4.16. The van der Waals surface area contributed by atoms with E-state index < -0.39 is 12.1 Å². The molecule has 2 rings (SSSR count). The van der Waals surface area contributed by atoms with Gasteiger partial charge in [0.2, 0.25) is 0 Å². The average molecular weight is 349 g/mol. The third kappa shape index (κ3) is 6.40. The summed E-state index contributed by atoms with van der Waals surface area (Å²) in [5, 5.41) is 9.99. The maximum atomic E-state index is 11.8. The SMILES string of the molecule is COc1ccc(C=CC(=O)OCC(O)CN2CCCCC2)cc1OC. The zero-order valence-corrected chi connectivity index (χ0v) is 14.9. The lowest BCUT2D eigenvalue weighted by atomic mass is 10.1. The summed E-state index contributed by atoms with van der Waals surface area (Å²) in [6.07, 6.45) is 5.91. The molecule has 1 saturated heterocycles. The van der Waals surface area contributed by atoms with E-state index in [1.807, 2.05) is 6.07 Å². The highest BCUT2D eigenvalue weighted by Crippen LogP contribution is 2.27. The van der Waals surface area contributed by atoms with Crippen LogP contribution in [0.1, 0.15) is 24.8 Å². The smallest absolute Gasteiger partial charge is 0.330 e. The fraction of sp³-hybridized carbons (Fsp3) is 0.526. The number of esters is 1. The predicted octanol–water partition coefficient (Wildman–Crippen LogP) is 2.11. The lowest BCUT2D eigenvalue weighted by Crippen LogP contribution is -2.38. The predicted molar refractivity (Wildman–Crippen MR) is 95.8 cm³/mol. The van der Waals surface area contributed by atoms with Gasteiger partial charge < -0.3 is 24.2 Å². The molecule has 1 unspecified atom stereocenters.